The van der Waals surface area contributed by atoms with Gasteiger partial charge in [-0.15, -0.1) is 0 Å². The molecule has 3 heterocycles. The lowest BCUT2D eigenvalue weighted by molar-refractivity contribution is -0.115. The lowest BCUT2D eigenvalue weighted by atomic mass is 10.2. The number of aromatic nitrogens is 3. The highest BCUT2D eigenvalue weighted by Crippen LogP contribution is 2.35. The summed E-state index contributed by atoms with van der Waals surface area (Å²) in [5.41, 5.74) is 3.41. The molecule has 0 radical (unpaired) electrons. The first kappa shape index (κ1) is 23.4. The van der Waals surface area contributed by atoms with Crippen molar-refractivity contribution in [3.8, 4) is 0 Å². The predicted octanol–water partition coefficient (Wildman–Crippen LogP) is 5.63. The van der Waals surface area contributed by atoms with Crippen LogP contribution in [-0.2, 0) is 4.79 Å². The maximum Gasteiger partial charge on any atom is 0.280 e. The summed E-state index contributed by atoms with van der Waals surface area (Å²) in [4.78, 5) is 35.5. The fraction of sp³-hybridized carbons (Fsp3) is 0.120. The van der Waals surface area contributed by atoms with Gasteiger partial charge in [0.05, 0.1) is 31.5 Å². The number of benzene rings is 2. The van der Waals surface area contributed by atoms with Crippen LogP contribution in [0.15, 0.2) is 63.2 Å². The molecule has 2 aromatic carbocycles. The Morgan fingerprint density at radius 2 is 1.80 bits per heavy atom. The molecule has 7 nitrogen and oxygen atoms in total. The van der Waals surface area contributed by atoms with Crippen LogP contribution in [0.1, 0.15) is 22.8 Å². The van der Waals surface area contributed by atoms with Crippen molar-refractivity contribution in [2.24, 2.45) is 4.99 Å². The van der Waals surface area contributed by atoms with Crippen LogP contribution in [0.2, 0.25) is 10.0 Å². The van der Waals surface area contributed by atoms with E-state index < -0.39 is 0 Å². The number of nitrogens with zero attached hydrogens (tertiary/aromatic N) is 4. The molecule has 176 valence electrons. The zero-order chi connectivity index (χ0) is 24.9. The lowest BCUT2D eigenvalue weighted by Gasteiger charge is -2.16. The molecule has 0 atom stereocenters. The second-order valence-corrected chi connectivity index (χ2v) is 9.80. The van der Waals surface area contributed by atoms with Crippen LogP contribution < -0.4 is 10.9 Å². The van der Waals surface area contributed by atoms with Crippen LogP contribution in [0.3, 0.4) is 0 Å². The molecule has 1 aliphatic rings. The van der Waals surface area contributed by atoms with Gasteiger partial charge in [0.1, 0.15) is 5.82 Å². The van der Waals surface area contributed by atoms with Crippen LogP contribution in [0.4, 0.5) is 5.69 Å². The fourth-order valence-electron chi connectivity index (χ4n) is 4.01. The number of aliphatic imine (C=N–C) groups is 1. The SMILES string of the molecule is Cc1cc(C=C2SC(=Nc3cccc(Cl)c3Cl)NC2=O)c(C)n1-n1c(C)nc2ccccc2c1=O. The number of para-hydroxylation sites is 1. The van der Waals surface area contributed by atoms with E-state index in [-0.39, 0.29) is 11.5 Å². The standard InChI is InChI=1S/C25H19Cl2N5O2S/c1-13-11-16(12-21-23(33)30-25(35-21)29-20-10-6-8-18(26)22(20)27)14(2)31(13)32-15(3)28-19-9-5-4-7-17(19)24(32)34/h4-12H,1-3H3,(H,29,30,33). The molecule has 0 aliphatic carbocycles. The Labute approximate surface area is 215 Å². The average molecular weight is 524 g/mol. The van der Waals surface area contributed by atoms with Gasteiger partial charge in [0.2, 0.25) is 0 Å². The topological polar surface area (TPSA) is 81.3 Å². The van der Waals surface area contributed by atoms with Crippen molar-refractivity contribution in [3.63, 3.8) is 0 Å². The normalized spacial score (nSPS) is 16.0. The summed E-state index contributed by atoms with van der Waals surface area (Å²) >= 11 is 13.5. The summed E-state index contributed by atoms with van der Waals surface area (Å²) in [6, 6.07) is 14.3. The molecule has 1 saturated heterocycles. The highest BCUT2D eigenvalue weighted by molar-refractivity contribution is 8.18. The molecule has 0 bridgehead atoms. The third-order valence-electron chi connectivity index (χ3n) is 5.64. The number of amides is 1. The molecule has 0 unspecified atom stereocenters. The molecule has 1 fully saturated rings. The summed E-state index contributed by atoms with van der Waals surface area (Å²) in [6.45, 7) is 5.61. The number of amidine groups is 1. The van der Waals surface area contributed by atoms with Crippen molar-refractivity contribution >= 4 is 68.7 Å². The molecule has 35 heavy (non-hydrogen) atoms. The first-order valence-electron chi connectivity index (χ1n) is 10.7. The largest absolute Gasteiger partial charge is 0.300 e. The molecular formula is C25H19Cl2N5O2S. The third kappa shape index (κ3) is 4.18. The molecule has 10 heteroatoms. The minimum atomic E-state index is -0.266. The van der Waals surface area contributed by atoms with E-state index in [1.807, 2.05) is 42.8 Å². The molecular weight excluding hydrogens is 505 g/mol. The van der Waals surface area contributed by atoms with Crippen molar-refractivity contribution in [1.82, 2.24) is 19.7 Å². The van der Waals surface area contributed by atoms with Gasteiger partial charge in [-0.25, -0.2) is 9.98 Å². The minimum Gasteiger partial charge on any atom is -0.300 e. The number of aryl methyl sites for hydroxylation is 2. The van der Waals surface area contributed by atoms with Crippen molar-refractivity contribution in [3.05, 3.63) is 96.6 Å². The summed E-state index contributed by atoms with van der Waals surface area (Å²) in [5.74, 6) is 0.299. The molecule has 0 saturated carbocycles. The van der Waals surface area contributed by atoms with Gasteiger partial charge in [-0.1, -0.05) is 41.4 Å². The van der Waals surface area contributed by atoms with Gasteiger partial charge >= 0.3 is 0 Å². The number of nitrogens with one attached hydrogen (secondary N) is 1. The molecule has 0 spiro atoms. The molecule has 5 rings (SSSR count). The number of thioether (sulfide) groups is 1. The van der Waals surface area contributed by atoms with Crippen LogP contribution in [0.25, 0.3) is 17.0 Å². The van der Waals surface area contributed by atoms with Gasteiger partial charge in [0, 0.05) is 11.4 Å². The summed E-state index contributed by atoms with van der Waals surface area (Å²) in [6.07, 6.45) is 1.79. The molecule has 1 aliphatic heterocycles. The maximum atomic E-state index is 13.3. The van der Waals surface area contributed by atoms with E-state index in [9.17, 15) is 9.59 Å². The van der Waals surface area contributed by atoms with E-state index in [2.05, 4.69) is 15.3 Å². The Balaban J connectivity index is 1.54. The Morgan fingerprint density at radius 3 is 2.60 bits per heavy atom. The summed E-state index contributed by atoms with van der Waals surface area (Å²) in [7, 11) is 0. The second-order valence-electron chi connectivity index (χ2n) is 7.99. The number of hydrogen-bond acceptors (Lipinski definition) is 5. The van der Waals surface area contributed by atoms with Gasteiger partial charge in [-0.2, -0.15) is 4.68 Å². The number of halogens is 2. The van der Waals surface area contributed by atoms with Gasteiger partial charge in [0.25, 0.3) is 11.5 Å². The molecule has 4 aromatic rings. The smallest absolute Gasteiger partial charge is 0.280 e. The van der Waals surface area contributed by atoms with E-state index >= 15 is 0 Å². The summed E-state index contributed by atoms with van der Waals surface area (Å²) < 4.78 is 3.38. The molecule has 1 N–H and O–H groups in total. The Kier molecular flexibility index (Phi) is 6.04. The van der Waals surface area contributed by atoms with Crippen molar-refractivity contribution in [1.29, 1.82) is 0 Å². The zero-order valence-corrected chi connectivity index (χ0v) is 21.3. The van der Waals surface area contributed by atoms with E-state index in [1.54, 1.807) is 41.9 Å². The van der Waals surface area contributed by atoms with Gasteiger partial charge in [0.15, 0.2) is 5.17 Å². The van der Waals surface area contributed by atoms with Crippen LogP contribution >= 0.6 is 35.0 Å². The Hall–Kier alpha value is -3.33. The summed E-state index contributed by atoms with van der Waals surface area (Å²) in [5, 5.41) is 4.42. The number of hydrogen-bond donors (Lipinski definition) is 1. The van der Waals surface area contributed by atoms with Crippen molar-refractivity contribution < 1.29 is 4.79 Å². The highest BCUT2D eigenvalue weighted by atomic mass is 35.5. The van der Waals surface area contributed by atoms with Gasteiger partial charge < -0.3 is 5.32 Å². The highest BCUT2D eigenvalue weighted by Gasteiger charge is 2.25. The molecule has 2 aromatic heterocycles. The third-order valence-corrected chi connectivity index (χ3v) is 7.36. The monoisotopic (exact) mass is 523 g/mol. The lowest BCUT2D eigenvalue weighted by Crippen LogP contribution is -2.30. The Morgan fingerprint density at radius 1 is 1.03 bits per heavy atom. The number of carbonyl (C=O) groups excluding carboxylic acids is 1. The second kappa shape index (κ2) is 9.03. The number of rotatable bonds is 3. The zero-order valence-electron chi connectivity index (χ0n) is 19.0. The molecule has 1 amide bonds. The van der Waals surface area contributed by atoms with E-state index in [4.69, 9.17) is 23.2 Å². The van der Waals surface area contributed by atoms with E-state index in [0.29, 0.717) is 42.5 Å². The minimum absolute atomic E-state index is 0.157. The quantitative estimate of drug-likeness (QED) is 0.352. The first-order chi connectivity index (χ1) is 16.7. The van der Waals surface area contributed by atoms with Crippen LogP contribution in [0.5, 0.6) is 0 Å². The van der Waals surface area contributed by atoms with Crippen molar-refractivity contribution in [2.45, 2.75) is 20.8 Å². The predicted molar refractivity (Wildman–Crippen MR) is 143 cm³/mol. The maximum absolute atomic E-state index is 13.3. The number of fused-ring (bicyclic) bond motifs is 1. The Bertz CT molecular complexity index is 1650. The van der Waals surface area contributed by atoms with Crippen LogP contribution in [-0.4, -0.2) is 25.4 Å². The van der Waals surface area contributed by atoms with Crippen LogP contribution in [0, 0.1) is 20.8 Å². The number of carbonyl (C=O) groups is 1. The fourth-order valence-corrected chi connectivity index (χ4v) is 5.17. The average Bonchev–Trinajstić information content (AvgIpc) is 3.30. The van der Waals surface area contributed by atoms with Gasteiger partial charge in [-0.05, 0) is 74.5 Å². The van der Waals surface area contributed by atoms with Gasteiger partial charge in [-0.3, -0.25) is 14.3 Å². The van der Waals surface area contributed by atoms with E-state index in [0.717, 1.165) is 17.0 Å². The van der Waals surface area contributed by atoms with E-state index in [1.165, 1.54) is 11.8 Å². The van der Waals surface area contributed by atoms with Crippen molar-refractivity contribution in [2.75, 3.05) is 0 Å². The first-order valence-corrected chi connectivity index (χ1v) is 12.2.